The lowest BCUT2D eigenvalue weighted by Gasteiger charge is -1.97. The molecule has 0 saturated heterocycles. The Morgan fingerprint density at radius 2 is 2.25 bits per heavy atom. The van der Waals surface area contributed by atoms with Crippen LogP contribution in [0.1, 0.15) is 19.3 Å². The van der Waals surface area contributed by atoms with Crippen LogP contribution in [-0.2, 0) is 10.0 Å². The number of thioether (sulfide) groups is 2. The number of sulfonamides is 1. The van der Waals surface area contributed by atoms with Crippen molar-refractivity contribution < 1.29 is 17.2 Å². The Morgan fingerprint density at radius 1 is 1.50 bits per heavy atom. The number of hydrogen-bond acceptors (Lipinski definition) is 4. The first-order valence-corrected chi connectivity index (χ1v) is 8.17. The quantitative estimate of drug-likeness (QED) is 0.729. The van der Waals surface area contributed by atoms with Gasteiger partial charge in [-0.15, -0.1) is 4.40 Å². The molecule has 0 aromatic rings. The van der Waals surface area contributed by atoms with Gasteiger partial charge in [-0.1, -0.05) is 23.5 Å². The summed E-state index contributed by atoms with van der Waals surface area (Å²) in [6.07, 6.45) is 1.07. The summed E-state index contributed by atoms with van der Waals surface area (Å²) in [6, 6.07) is 0. The molecule has 0 saturated carbocycles. The molecule has 16 heavy (non-hydrogen) atoms. The maximum atomic E-state index is 11.6. The van der Waals surface area contributed by atoms with Gasteiger partial charge in [0.05, 0.1) is 0 Å². The third-order valence-electron chi connectivity index (χ3n) is 1.67. The zero-order chi connectivity index (χ0) is 12.0. The van der Waals surface area contributed by atoms with Crippen LogP contribution >= 0.6 is 23.5 Å². The smallest absolute Gasteiger partial charge is 0.204 e. The minimum absolute atomic E-state index is 0.0190. The Labute approximate surface area is 102 Å². The summed E-state index contributed by atoms with van der Waals surface area (Å²) >= 11 is 2.58. The van der Waals surface area contributed by atoms with Gasteiger partial charge in [0.25, 0.3) is 16.1 Å². The first kappa shape index (κ1) is 14.0. The molecule has 0 radical (unpaired) electrons. The number of allylic oxidation sites excluding steroid dienone is 1. The van der Waals surface area contributed by atoms with Gasteiger partial charge in [0.15, 0.2) is 0 Å². The fraction of sp³-hybridized carbons (Fsp3) is 0.625. The summed E-state index contributed by atoms with van der Waals surface area (Å²) < 4.78 is 49.3. The second kappa shape index (κ2) is 6.61. The molecule has 0 aromatic carbocycles. The number of rotatable bonds is 5. The topological polar surface area (TPSA) is 46.5 Å². The Morgan fingerprint density at radius 3 is 2.81 bits per heavy atom. The van der Waals surface area contributed by atoms with Crippen LogP contribution in [-0.4, -0.2) is 23.6 Å². The highest BCUT2D eigenvalue weighted by atomic mass is 32.3. The largest absolute Gasteiger partial charge is 0.266 e. The summed E-state index contributed by atoms with van der Waals surface area (Å²) in [7, 11) is -3.23. The highest BCUT2D eigenvalue weighted by Crippen LogP contribution is 2.27. The van der Waals surface area contributed by atoms with Crippen molar-refractivity contribution in [3.05, 3.63) is 12.2 Å². The van der Waals surface area contributed by atoms with E-state index in [9.17, 15) is 17.2 Å². The van der Waals surface area contributed by atoms with Gasteiger partial charge in [-0.3, -0.25) is 0 Å². The number of unbranched alkanes of at least 4 members (excludes halogenated alkanes) is 2. The molecule has 92 valence electrons. The van der Waals surface area contributed by atoms with Gasteiger partial charge in [0.2, 0.25) is 0 Å². The molecule has 0 bridgehead atoms. The van der Waals surface area contributed by atoms with Crippen molar-refractivity contribution in [2.75, 3.05) is 10.8 Å². The molecule has 0 aliphatic carbocycles. The van der Waals surface area contributed by atoms with Crippen molar-refractivity contribution in [3.8, 4) is 0 Å². The van der Waals surface area contributed by atoms with Crippen molar-refractivity contribution in [2.24, 2.45) is 4.40 Å². The molecule has 3 nitrogen and oxygen atoms in total. The van der Waals surface area contributed by atoms with E-state index in [0.717, 1.165) is 12.5 Å². The summed E-state index contributed by atoms with van der Waals surface area (Å²) in [5.74, 6) is 0.711. The minimum atomic E-state index is -3.23. The molecule has 0 N–H and O–H groups in total. The first-order chi connectivity index (χ1) is 7.49. The van der Waals surface area contributed by atoms with E-state index in [2.05, 4.69) is 4.40 Å². The average molecular weight is 287 g/mol. The van der Waals surface area contributed by atoms with E-state index in [0.29, 0.717) is 23.0 Å². The highest BCUT2D eigenvalue weighted by molar-refractivity contribution is 8.43. The lowest BCUT2D eigenvalue weighted by Crippen LogP contribution is -1.90. The Hall–Kier alpha value is -0.0800. The maximum absolute atomic E-state index is 11.6. The number of hydrogen-bond donors (Lipinski definition) is 0. The molecule has 0 unspecified atom stereocenters. The van der Waals surface area contributed by atoms with E-state index < -0.39 is 16.1 Å². The lowest BCUT2D eigenvalue weighted by molar-refractivity contribution is 0.417. The van der Waals surface area contributed by atoms with Crippen LogP contribution in [0.25, 0.3) is 0 Å². The van der Waals surface area contributed by atoms with Gasteiger partial charge in [-0.25, -0.2) is 8.42 Å². The zero-order valence-electron chi connectivity index (χ0n) is 8.36. The fourth-order valence-electron chi connectivity index (χ4n) is 0.976. The van der Waals surface area contributed by atoms with Crippen molar-refractivity contribution in [2.45, 2.75) is 19.3 Å². The molecule has 0 amide bonds. The summed E-state index contributed by atoms with van der Waals surface area (Å²) in [6.45, 7) is 0. The molecule has 0 fully saturated rings. The van der Waals surface area contributed by atoms with Gasteiger partial charge >= 0.3 is 0 Å². The van der Waals surface area contributed by atoms with E-state index in [1.807, 2.05) is 0 Å². The summed E-state index contributed by atoms with van der Waals surface area (Å²) in [5, 5.41) is 0.0190. The van der Waals surface area contributed by atoms with Crippen LogP contribution in [0.2, 0.25) is 0 Å². The molecule has 1 rings (SSSR count). The predicted octanol–water partition coefficient (Wildman–Crippen LogP) is 3.06. The van der Waals surface area contributed by atoms with Crippen molar-refractivity contribution >= 4 is 37.9 Å². The van der Waals surface area contributed by atoms with Gasteiger partial charge in [0.1, 0.15) is 9.46 Å². The lowest BCUT2D eigenvalue weighted by atomic mass is 10.2. The van der Waals surface area contributed by atoms with Crippen molar-refractivity contribution in [1.29, 1.82) is 0 Å². The molecule has 0 spiro atoms. The third-order valence-corrected chi connectivity index (χ3v) is 5.90. The van der Waals surface area contributed by atoms with Crippen LogP contribution < -0.4 is 0 Å². The highest BCUT2D eigenvalue weighted by Gasteiger charge is 2.20. The molecular formula is C8H11F2NO2S3. The minimum Gasteiger partial charge on any atom is -0.204 e. The molecule has 8 heteroatoms. The Balaban J connectivity index is 2.11. The molecular weight excluding hydrogens is 276 g/mol. The van der Waals surface area contributed by atoms with Crippen LogP contribution in [0.5, 0.6) is 0 Å². The third kappa shape index (κ3) is 5.86. The summed E-state index contributed by atoms with van der Waals surface area (Å²) in [4.78, 5) is 0. The van der Waals surface area contributed by atoms with E-state index in [4.69, 9.17) is 0 Å². The standard InChI is InChI=1S/C8H11F2NO2S3/c9-7(10)4-2-1-3-5-14-8-11-16(12,13)6-15-8/h4H,1-3,5-6H2. The zero-order valence-corrected chi connectivity index (χ0v) is 10.8. The number of halogens is 2. The Bertz CT molecular complexity index is 388. The second-order valence-electron chi connectivity index (χ2n) is 3.04. The van der Waals surface area contributed by atoms with Gasteiger partial charge in [-0.05, 0) is 25.3 Å². The van der Waals surface area contributed by atoms with Gasteiger partial charge in [-0.2, -0.15) is 8.78 Å². The SMILES string of the molecule is O=S1(=O)CSC(SCCCCC=C(F)F)=N1. The van der Waals surface area contributed by atoms with E-state index >= 15 is 0 Å². The van der Waals surface area contributed by atoms with Crippen LogP contribution in [0.15, 0.2) is 16.6 Å². The van der Waals surface area contributed by atoms with Crippen LogP contribution in [0.4, 0.5) is 8.78 Å². The molecule has 0 aromatic heterocycles. The normalized spacial score (nSPS) is 18.2. The van der Waals surface area contributed by atoms with Gasteiger partial charge < -0.3 is 0 Å². The van der Waals surface area contributed by atoms with E-state index in [1.54, 1.807) is 0 Å². The van der Waals surface area contributed by atoms with E-state index in [1.165, 1.54) is 23.5 Å². The van der Waals surface area contributed by atoms with Crippen LogP contribution in [0.3, 0.4) is 0 Å². The summed E-state index contributed by atoms with van der Waals surface area (Å²) in [5.41, 5.74) is 0. The molecule has 1 heterocycles. The van der Waals surface area contributed by atoms with Crippen molar-refractivity contribution in [1.82, 2.24) is 0 Å². The Kier molecular flexibility index (Phi) is 5.77. The molecule has 1 aliphatic rings. The number of nitrogens with zero attached hydrogens (tertiary/aromatic N) is 1. The molecule has 0 atom stereocenters. The predicted molar refractivity (Wildman–Crippen MR) is 65.4 cm³/mol. The average Bonchev–Trinajstić information content (AvgIpc) is 2.51. The van der Waals surface area contributed by atoms with Crippen molar-refractivity contribution in [3.63, 3.8) is 0 Å². The fourth-order valence-corrected chi connectivity index (χ4v) is 5.06. The maximum Gasteiger partial charge on any atom is 0.266 e. The molecule has 1 aliphatic heterocycles. The monoisotopic (exact) mass is 287 g/mol. The van der Waals surface area contributed by atoms with E-state index in [-0.39, 0.29) is 5.08 Å². The van der Waals surface area contributed by atoms with Crippen LogP contribution in [0, 0.1) is 0 Å². The first-order valence-electron chi connectivity index (χ1n) is 4.59. The van der Waals surface area contributed by atoms with Gasteiger partial charge in [0, 0.05) is 5.75 Å². The second-order valence-corrected chi connectivity index (χ2v) is 7.35.